The molecule has 2 aromatic rings. The maximum atomic E-state index is 4.43. The lowest BCUT2D eigenvalue weighted by molar-refractivity contribution is 0.558. The van der Waals surface area contributed by atoms with Crippen molar-refractivity contribution in [3.63, 3.8) is 0 Å². The number of nitrogens with one attached hydrogen (secondary N) is 1. The molecule has 0 fully saturated rings. The number of nitrogens with zero attached hydrogens (tertiary/aromatic N) is 1. The smallest absolute Gasteiger partial charge is 0.0707 e. The summed E-state index contributed by atoms with van der Waals surface area (Å²) in [6.45, 7) is 11.0. The molecule has 1 aromatic heterocycles. The molecule has 0 bridgehead atoms. The van der Waals surface area contributed by atoms with Gasteiger partial charge in [-0.3, -0.25) is 4.98 Å². The second-order valence-corrected chi connectivity index (χ2v) is 6.32. The van der Waals surface area contributed by atoms with Gasteiger partial charge in [0.15, 0.2) is 0 Å². The molecule has 0 aliphatic carbocycles. The fourth-order valence-electron chi connectivity index (χ4n) is 2.37. The first-order valence-corrected chi connectivity index (χ1v) is 7.83. The van der Waals surface area contributed by atoms with E-state index < -0.39 is 0 Å². The minimum absolute atomic E-state index is 0.539. The highest BCUT2D eigenvalue weighted by atomic mass is 14.9. The van der Waals surface area contributed by atoms with Gasteiger partial charge < -0.3 is 5.32 Å². The van der Waals surface area contributed by atoms with Crippen molar-refractivity contribution in [2.24, 2.45) is 11.8 Å². The molecule has 2 heteroatoms. The monoisotopic (exact) mass is 282 g/mol. The second-order valence-electron chi connectivity index (χ2n) is 6.32. The van der Waals surface area contributed by atoms with Crippen LogP contribution in [0, 0.1) is 11.8 Å². The number of hydrogen-bond acceptors (Lipinski definition) is 2. The van der Waals surface area contributed by atoms with Crippen LogP contribution in [0.1, 0.15) is 33.3 Å². The maximum absolute atomic E-state index is 4.43. The van der Waals surface area contributed by atoms with E-state index in [4.69, 9.17) is 0 Å². The van der Waals surface area contributed by atoms with Crippen LogP contribution < -0.4 is 5.32 Å². The maximum Gasteiger partial charge on any atom is 0.0707 e. The SMILES string of the molecule is CC(C)CNCC(=Cc1ccnc2ccccc12)C(C)C. The van der Waals surface area contributed by atoms with Crippen molar-refractivity contribution in [1.82, 2.24) is 10.3 Å². The molecule has 0 saturated carbocycles. The molecule has 0 spiro atoms. The summed E-state index contributed by atoms with van der Waals surface area (Å²) in [4.78, 5) is 4.43. The Labute approximate surface area is 128 Å². The van der Waals surface area contributed by atoms with Gasteiger partial charge in [0.2, 0.25) is 0 Å². The molecular formula is C19H26N2. The van der Waals surface area contributed by atoms with Crippen LogP contribution in [-0.4, -0.2) is 18.1 Å². The first-order valence-electron chi connectivity index (χ1n) is 7.83. The Morgan fingerprint density at radius 2 is 1.90 bits per heavy atom. The van der Waals surface area contributed by atoms with E-state index in [-0.39, 0.29) is 0 Å². The molecule has 0 unspecified atom stereocenters. The van der Waals surface area contributed by atoms with Crippen molar-refractivity contribution in [3.8, 4) is 0 Å². The van der Waals surface area contributed by atoms with Crippen molar-refractivity contribution < 1.29 is 0 Å². The quantitative estimate of drug-likeness (QED) is 0.842. The molecule has 0 aliphatic heterocycles. The first-order chi connectivity index (χ1) is 10.1. The summed E-state index contributed by atoms with van der Waals surface area (Å²) in [6.07, 6.45) is 4.22. The normalized spacial score (nSPS) is 12.6. The van der Waals surface area contributed by atoms with Crippen LogP contribution in [-0.2, 0) is 0 Å². The van der Waals surface area contributed by atoms with Crippen LogP contribution >= 0.6 is 0 Å². The minimum atomic E-state index is 0.539. The third-order valence-corrected chi connectivity index (χ3v) is 3.65. The lowest BCUT2D eigenvalue weighted by atomic mass is 9.98. The number of aromatic nitrogens is 1. The topological polar surface area (TPSA) is 24.9 Å². The van der Waals surface area contributed by atoms with E-state index in [1.807, 2.05) is 12.3 Å². The van der Waals surface area contributed by atoms with Gasteiger partial charge >= 0.3 is 0 Å². The predicted molar refractivity (Wildman–Crippen MR) is 92.3 cm³/mol. The molecule has 2 nitrogen and oxygen atoms in total. The highest BCUT2D eigenvalue weighted by molar-refractivity contribution is 5.87. The number of rotatable bonds is 6. The molecular weight excluding hydrogens is 256 g/mol. The Kier molecular flexibility index (Phi) is 5.51. The number of benzene rings is 1. The molecule has 0 atom stereocenters. The van der Waals surface area contributed by atoms with Crippen LogP contribution in [0.4, 0.5) is 0 Å². The van der Waals surface area contributed by atoms with Crippen molar-refractivity contribution in [1.29, 1.82) is 0 Å². The number of para-hydroxylation sites is 1. The molecule has 0 radical (unpaired) electrons. The van der Waals surface area contributed by atoms with Crippen LogP contribution in [0.5, 0.6) is 0 Å². The number of pyridine rings is 1. The van der Waals surface area contributed by atoms with Gasteiger partial charge in [-0.05, 0) is 36.1 Å². The van der Waals surface area contributed by atoms with Crippen LogP contribution in [0.2, 0.25) is 0 Å². The molecule has 1 N–H and O–H groups in total. The summed E-state index contributed by atoms with van der Waals surface area (Å²) in [5.74, 6) is 1.22. The highest BCUT2D eigenvalue weighted by Gasteiger charge is 2.06. The largest absolute Gasteiger partial charge is 0.313 e. The Hall–Kier alpha value is -1.67. The Bertz CT molecular complexity index is 606. The van der Waals surface area contributed by atoms with Gasteiger partial charge in [0, 0.05) is 18.1 Å². The van der Waals surface area contributed by atoms with Gasteiger partial charge in [-0.25, -0.2) is 0 Å². The molecule has 1 aromatic carbocycles. The van der Waals surface area contributed by atoms with E-state index in [1.165, 1.54) is 16.5 Å². The van der Waals surface area contributed by atoms with E-state index in [2.05, 4.69) is 68.3 Å². The average molecular weight is 282 g/mol. The fourth-order valence-corrected chi connectivity index (χ4v) is 2.37. The van der Waals surface area contributed by atoms with Crippen molar-refractivity contribution >= 4 is 17.0 Å². The molecule has 0 amide bonds. The Balaban J connectivity index is 2.27. The van der Waals surface area contributed by atoms with Gasteiger partial charge in [0.25, 0.3) is 0 Å². The molecule has 0 aliphatic rings. The molecule has 2 rings (SSSR count). The summed E-state index contributed by atoms with van der Waals surface area (Å²) in [5.41, 5.74) is 3.76. The van der Waals surface area contributed by atoms with Gasteiger partial charge in [0.05, 0.1) is 5.52 Å². The highest BCUT2D eigenvalue weighted by Crippen LogP contribution is 2.21. The third-order valence-electron chi connectivity index (χ3n) is 3.65. The zero-order chi connectivity index (χ0) is 15.2. The van der Waals surface area contributed by atoms with E-state index in [0.29, 0.717) is 11.8 Å². The predicted octanol–water partition coefficient (Wildman–Crippen LogP) is 4.52. The summed E-state index contributed by atoms with van der Waals surface area (Å²) in [5, 5.41) is 4.77. The lowest BCUT2D eigenvalue weighted by Crippen LogP contribution is -2.23. The van der Waals surface area contributed by atoms with E-state index in [9.17, 15) is 0 Å². The number of hydrogen-bond donors (Lipinski definition) is 1. The molecule has 0 saturated heterocycles. The summed E-state index contributed by atoms with van der Waals surface area (Å²) in [6, 6.07) is 10.4. The van der Waals surface area contributed by atoms with Crippen molar-refractivity contribution in [2.75, 3.05) is 13.1 Å². The van der Waals surface area contributed by atoms with Crippen LogP contribution in [0.25, 0.3) is 17.0 Å². The van der Waals surface area contributed by atoms with Gasteiger partial charge in [0.1, 0.15) is 0 Å². The molecule has 112 valence electrons. The Morgan fingerprint density at radius 1 is 1.14 bits per heavy atom. The van der Waals surface area contributed by atoms with Gasteiger partial charge in [-0.1, -0.05) is 57.5 Å². The average Bonchev–Trinajstić information content (AvgIpc) is 2.46. The van der Waals surface area contributed by atoms with E-state index in [1.54, 1.807) is 0 Å². The zero-order valence-electron chi connectivity index (χ0n) is 13.6. The van der Waals surface area contributed by atoms with Gasteiger partial charge in [-0.15, -0.1) is 0 Å². The van der Waals surface area contributed by atoms with Crippen LogP contribution in [0.3, 0.4) is 0 Å². The number of fused-ring (bicyclic) bond motifs is 1. The second kappa shape index (κ2) is 7.37. The summed E-state index contributed by atoms with van der Waals surface area (Å²) >= 11 is 0. The van der Waals surface area contributed by atoms with E-state index >= 15 is 0 Å². The first kappa shape index (κ1) is 15.7. The molecule has 21 heavy (non-hydrogen) atoms. The third kappa shape index (κ3) is 4.40. The fraction of sp³-hybridized carbons (Fsp3) is 0.421. The molecule has 1 heterocycles. The van der Waals surface area contributed by atoms with Crippen molar-refractivity contribution in [3.05, 3.63) is 47.7 Å². The summed E-state index contributed by atoms with van der Waals surface area (Å²) in [7, 11) is 0. The Morgan fingerprint density at radius 3 is 2.62 bits per heavy atom. The zero-order valence-corrected chi connectivity index (χ0v) is 13.6. The lowest BCUT2D eigenvalue weighted by Gasteiger charge is -2.15. The minimum Gasteiger partial charge on any atom is -0.313 e. The van der Waals surface area contributed by atoms with Crippen LogP contribution in [0.15, 0.2) is 42.1 Å². The standard InChI is InChI=1S/C19H26N2/c1-14(2)12-20-13-17(15(3)4)11-16-9-10-21-19-8-6-5-7-18(16)19/h5-11,14-15,20H,12-13H2,1-4H3. The summed E-state index contributed by atoms with van der Waals surface area (Å²) < 4.78 is 0. The van der Waals surface area contributed by atoms with Crippen molar-refractivity contribution in [2.45, 2.75) is 27.7 Å². The van der Waals surface area contributed by atoms with E-state index in [0.717, 1.165) is 18.6 Å². The van der Waals surface area contributed by atoms with Gasteiger partial charge in [-0.2, -0.15) is 0 Å².